The maximum Gasteiger partial charge on any atom is 0.341 e. The van der Waals surface area contributed by atoms with Crippen LogP contribution in [0.5, 0.6) is 5.75 Å². The molecule has 0 amide bonds. The van der Waals surface area contributed by atoms with Gasteiger partial charge in [-0.3, -0.25) is 0 Å². The van der Waals surface area contributed by atoms with E-state index in [0.29, 0.717) is 6.61 Å². The third-order valence-electron chi connectivity index (χ3n) is 4.03. The highest BCUT2D eigenvalue weighted by Gasteiger charge is 2.75. The van der Waals surface area contributed by atoms with Crippen LogP contribution >= 0.6 is 0 Å². The molecule has 4 heteroatoms. The van der Waals surface area contributed by atoms with Gasteiger partial charge in [-0.15, -0.1) is 0 Å². The van der Waals surface area contributed by atoms with Gasteiger partial charge >= 0.3 is 5.97 Å². The molecular weight excluding hydrogens is 256 g/mol. The SMILES string of the molecule is CCOc1ccccc1C1(C)OC1(C(=O)OC)C(C)C. The largest absolute Gasteiger partial charge is 0.493 e. The Balaban J connectivity index is 2.46. The van der Waals surface area contributed by atoms with Gasteiger partial charge in [0.2, 0.25) is 5.60 Å². The average molecular weight is 278 g/mol. The zero-order chi connectivity index (χ0) is 15.0. The molecule has 1 heterocycles. The predicted molar refractivity (Wildman–Crippen MR) is 75.6 cm³/mol. The van der Waals surface area contributed by atoms with Crippen LogP contribution in [0.25, 0.3) is 0 Å². The Labute approximate surface area is 120 Å². The van der Waals surface area contributed by atoms with E-state index in [4.69, 9.17) is 14.2 Å². The number of ether oxygens (including phenoxy) is 3. The molecule has 0 aromatic heterocycles. The van der Waals surface area contributed by atoms with Crippen LogP contribution in [0, 0.1) is 5.92 Å². The van der Waals surface area contributed by atoms with Gasteiger partial charge in [-0.2, -0.15) is 0 Å². The number of hydrogen-bond acceptors (Lipinski definition) is 4. The summed E-state index contributed by atoms with van der Waals surface area (Å²) in [7, 11) is 1.39. The van der Waals surface area contributed by atoms with E-state index < -0.39 is 11.2 Å². The van der Waals surface area contributed by atoms with Gasteiger partial charge in [-0.05, 0) is 25.8 Å². The first-order valence-electron chi connectivity index (χ1n) is 6.95. The fourth-order valence-corrected chi connectivity index (χ4v) is 2.99. The summed E-state index contributed by atoms with van der Waals surface area (Å²) < 4.78 is 16.5. The van der Waals surface area contributed by atoms with Gasteiger partial charge in [0.05, 0.1) is 13.7 Å². The number of hydrogen-bond donors (Lipinski definition) is 0. The number of esters is 1. The van der Waals surface area contributed by atoms with Gasteiger partial charge in [0.15, 0.2) is 0 Å². The van der Waals surface area contributed by atoms with Gasteiger partial charge in [-0.1, -0.05) is 32.0 Å². The van der Waals surface area contributed by atoms with Crippen LogP contribution in [0.1, 0.15) is 33.3 Å². The lowest BCUT2D eigenvalue weighted by molar-refractivity contribution is -0.148. The lowest BCUT2D eigenvalue weighted by atomic mass is 9.80. The summed E-state index contributed by atoms with van der Waals surface area (Å²) in [5, 5.41) is 0. The normalized spacial score (nSPS) is 28.3. The first-order chi connectivity index (χ1) is 9.44. The van der Waals surface area contributed by atoms with Gasteiger partial charge in [0.25, 0.3) is 0 Å². The Morgan fingerprint density at radius 2 is 2.00 bits per heavy atom. The van der Waals surface area contributed by atoms with Crippen LogP contribution in [-0.2, 0) is 19.9 Å². The van der Waals surface area contributed by atoms with Gasteiger partial charge in [-0.25, -0.2) is 4.79 Å². The monoisotopic (exact) mass is 278 g/mol. The molecule has 1 saturated heterocycles. The van der Waals surface area contributed by atoms with E-state index in [9.17, 15) is 4.79 Å². The van der Waals surface area contributed by atoms with Crippen molar-refractivity contribution in [2.45, 2.75) is 38.9 Å². The topological polar surface area (TPSA) is 48.1 Å². The molecule has 0 N–H and O–H groups in total. The summed E-state index contributed by atoms with van der Waals surface area (Å²) in [4.78, 5) is 12.2. The second-order valence-electron chi connectivity index (χ2n) is 5.45. The third-order valence-corrected chi connectivity index (χ3v) is 4.03. The van der Waals surface area contributed by atoms with Crippen LogP contribution in [0.15, 0.2) is 24.3 Å². The zero-order valence-corrected chi connectivity index (χ0v) is 12.7. The van der Waals surface area contributed by atoms with E-state index in [1.54, 1.807) is 0 Å². The molecule has 110 valence electrons. The minimum atomic E-state index is -0.936. The highest BCUT2D eigenvalue weighted by molar-refractivity contribution is 5.86. The van der Waals surface area contributed by atoms with Crippen LogP contribution in [0.4, 0.5) is 0 Å². The molecule has 1 aromatic carbocycles. The number of carbonyl (C=O) groups is 1. The van der Waals surface area contributed by atoms with Gasteiger partial charge in [0.1, 0.15) is 11.4 Å². The minimum absolute atomic E-state index is 0.00892. The second kappa shape index (κ2) is 5.09. The summed E-state index contributed by atoms with van der Waals surface area (Å²) in [6.45, 7) is 8.35. The highest BCUT2D eigenvalue weighted by atomic mass is 16.7. The first kappa shape index (κ1) is 14.9. The Kier molecular flexibility index (Phi) is 3.78. The Hall–Kier alpha value is -1.55. The molecule has 2 unspecified atom stereocenters. The molecule has 0 aliphatic carbocycles. The molecule has 0 saturated carbocycles. The number of benzene rings is 1. The molecule has 2 rings (SSSR count). The van der Waals surface area contributed by atoms with E-state index in [2.05, 4.69) is 0 Å². The van der Waals surface area contributed by atoms with Crippen molar-refractivity contribution >= 4 is 5.97 Å². The fourth-order valence-electron chi connectivity index (χ4n) is 2.99. The van der Waals surface area contributed by atoms with Crippen molar-refractivity contribution in [1.29, 1.82) is 0 Å². The molecular formula is C16H22O4. The number of rotatable bonds is 5. The van der Waals surface area contributed by atoms with E-state index in [0.717, 1.165) is 11.3 Å². The molecule has 1 aromatic rings. The van der Waals surface area contributed by atoms with Crippen LogP contribution < -0.4 is 4.74 Å². The number of carbonyl (C=O) groups excluding carboxylic acids is 1. The lowest BCUT2D eigenvalue weighted by Gasteiger charge is -2.20. The van der Waals surface area contributed by atoms with Crippen molar-refractivity contribution in [2.24, 2.45) is 5.92 Å². The first-order valence-corrected chi connectivity index (χ1v) is 6.95. The van der Waals surface area contributed by atoms with Crippen molar-refractivity contribution in [1.82, 2.24) is 0 Å². The predicted octanol–water partition coefficient (Wildman–Crippen LogP) is 2.90. The summed E-state index contributed by atoms with van der Waals surface area (Å²) in [6, 6.07) is 7.68. The van der Waals surface area contributed by atoms with Crippen LogP contribution in [0.2, 0.25) is 0 Å². The van der Waals surface area contributed by atoms with Crippen LogP contribution in [-0.4, -0.2) is 25.3 Å². The van der Waals surface area contributed by atoms with E-state index in [1.807, 2.05) is 52.0 Å². The zero-order valence-electron chi connectivity index (χ0n) is 12.7. The van der Waals surface area contributed by atoms with E-state index >= 15 is 0 Å². The molecule has 0 radical (unpaired) electrons. The maximum absolute atomic E-state index is 12.2. The quantitative estimate of drug-likeness (QED) is 0.614. The van der Waals surface area contributed by atoms with Gasteiger partial charge < -0.3 is 14.2 Å². The minimum Gasteiger partial charge on any atom is -0.493 e. The summed E-state index contributed by atoms with van der Waals surface area (Å²) in [5.41, 5.74) is -0.754. The number of methoxy groups -OCH3 is 1. The number of para-hydroxylation sites is 1. The Bertz CT molecular complexity index is 511. The molecule has 0 bridgehead atoms. The fraction of sp³-hybridized carbons (Fsp3) is 0.562. The standard InChI is InChI=1S/C16H22O4/c1-6-19-13-10-8-7-9-12(13)15(4)16(20-15,11(2)3)14(17)18-5/h7-11H,6H2,1-5H3. The molecule has 20 heavy (non-hydrogen) atoms. The molecule has 1 fully saturated rings. The molecule has 4 nitrogen and oxygen atoms in total. The molecule has 0 spiro atoms. The lowest BCUT2D eigenvalue weighted by Crippen LogP contribution is -2.37. The summed E-state index contributed by atoms with van der Waals surface area (Å²) in [6.07, 6.45) is 0. The van der Waals surface area contributed by atoms with E-state index in [-0.39, 0.29) is 11.9 Å². The highest BCUT2D eigenvalue weighted by Crippen LogP contribution is 2.61. The van der Waals surface area contributed by atoms with Crippen molar-refractivity contribution in [3.63, 3.8) is 0 Å². The third kappa shape index (κ3) is 1.90. The summed E-state index contributed by atoms with van der Waals surface area (Å²) >= 11 is 0. The van der Waals surface area contributed by atoms with Gasteiger partial charge in [0, 0.05) is 5.56 Å². The van der Waals surface area contributed by atoms with Crippen molar-refractivity contribution in [3.8, 4) is 5.75 Å². The van der Waals surface area contributed by atoms with E-state index in [1.165, 1.54) is 7.11 Å². The molecule has 1 aliphatic rings. The summed E-state index contributed by atoms with van der Waals surface area (Å²) in [5.74, 6) is 0.430. The maximum atomic E-state index is 12.2. The second-order valence-corrected chi connectivity index (χ2v) is 5.45. The van der Waals surface area contributed by atoms with Crippen molar-refractivity contribution in [2.75, 3.05) is 13.7 Å². The Morgan fingerprint density at radius 1 is 1.35 bits per heavy atom. The Morgan fingerprint density at radius 3 is 2.55 bits per heavy atom. The smallest absolute Gasteiger partial charge is 0.341 e. The van der Waals surface area contributed by atoms with Crippen LogP contribution in [0.3, 0.4) is 0 Å². The van der Waals surface area contributed by atoms with Crippen molar-refractivity contribution in [3.05, 3.63) is 29.8 Å². The molecule has 2 atom stereocenters. The molecule has 1 aliphatic heterocycles. The number of epoxide rings is 1. The average Bonchev–Trinajstić information content (AvgIpc) is 3.08. The van der Waals surface area contributed by atoms with Crippen molar-refractivity contribution < 1.29 is 19.0 Å².